The second kappa shape index (κ2) is 5.74. The average Bonchev–Trinajstić information content (AvgIpc) is 3.04. The highest BCUT2D eigenvalue weighted by molar-refractivity contribution is 6.16. The van der Waals surface area contributed by atoms with Crippen LogP contribution in [0.3, 0.4) is 0 Å². The highest BCUT2D eigenvalue weighted by Crippen LogP contribution is 2.25. The van der Waals surface area contributed by atoms with Crippen molar-refractivity contribution in [2.75, 3.05) is 19.6 Å². The summed E-state index contributed by atoms with van der Waals surface area (Å²) in [5, 5.41) is 0. The van der Waals surface area contributed by atoms with Gasteiger partial charge in [0.2, 0.25) is 0 Å². The summed E-state index contributed by atoms with van der Waals surface area (Å²) in [6.45, 7) is 7.95. The van der Waals surface area contributed by atoms with Crippen LogP contribution in [0, 0.1) is 6.92 Å². The maximum atomic E-state index is 6.11. The summed E-state index contributed by atoms with van der Waals surface area (Å²) in [6.07, 6.45) is 2.66. The van der Waals surface area contributed by atoms with Crippen LogP contribution < -0.4 is 0 Å². The van der Waals surface area contributed by atoms with E-state index in [0.29, 0.717) is 11.9 Å². The number of hydrogen-bond donors (Lipinski definition) is 0. The second-order valence-corrected chi connectivity index (χ2v) is 6.15. The molecule has 0 spiro atoms. The molecule has 2 heterocycles. The van der Waals surface area contributed by atoms with E-state index in [9.17, 15) is 0 Å². The third-order valence-corrected chi connectivity index (χ3v) is 4.44. The Hall–Kier alpha value is -1.06. The van der Waals surface area contributed by atoms with Crippen LogP contribution in [0.25, 0.3) is 11.0 Å². The van der Waals surface area contributed by atoms with Gasteiger partial charge in [0.15, 0.2) is 0 Å². The first-order valence-corrected chi connectivity index (χ1v) is 7.98. The predicted molar refractivity (Wildman–Crippen MR) is 84.4 cm³/mol. The van der Waals surface area contributed by atoms with Gasteiger partial charge in [-0.25, -0.2) is 4.98 Å². The first-order valence-electron chi connectivity index (χ1n) is 7.45. The smallest absolute Gasteiger partial charge is 0.125 e. The van der Waals surface area contributed by atoms with E-state index in [2.05, 4.69) is 46.5 Å². The fourth-order valence-electron chi connectivity index (χ4n) is 3.26. The minimum Gasteiger partial charge on any atom is -0.323 e. The van der Waals surface area contributed by atoms with Crippen molar-refractivity contribution < 1.29 is 0 Å². The van der Waals surface area contributed by atoms with E-state index in [0.717, 1.165) is 17.9 Å². The van der Waals surface area contributed by atoms with Gasteiger partial charge in [-0.3, -0.25) is 0 Å². The fraction of sp³-hybridized carbons (Fsp3) is 0.562. The van der Waals surface area contributed by atoms with E-state index < -0.39 is 0 Å². The summed E-state index contributed by atoms with van der Waals surface area (Å²) in [4.78, 5) is 7.23. The Balaban J connectivity index is 1.96. The van der Waals surface area contributed by atoms with Crippen LogP contribution in [0.4, 0.5) is 0 Å². The molecule has 20 heavy (non-hydrogen) atoms. The molecule has 0 bridgehead atoms. The van der Waals surface area contributed by atoms with E-state index >= 15 is 0 Å². The Labute approximate surface area is 125 Å². The zero-order valence-electron chi connectivity index (χ0n) is 12.3. The number of alkyl halides is 1. The minimum atomic E-state index is 0.411. The number of benzene rings is 1. The van der Waals surface area contributed by atoms with Crippen molar-refractivity contribution in [3.8, 4) is 0 Å². The lowest BCUT2D eigenvalue weighted by Crippen LogP contribution is -2.27. The van der Waals surface area contributed by atoms with E-state index in [4.69, 9.17) is 11.6 Å². The van der Waals surface area contributed by atoms with Gasteiger partial charge in [0.05, 0.1) is 16.9 Å². The van der Waals surface area contributed by atoms with Crippen LogP contribution in [0.1, 0.15) is 37.2 Å². The molecular formula is C16H22ClN3. The molecule has 1 saturated heterocycles. The Bertz CT molecular complexity index is 599. The number of aromatic nitrogens is 2. The van der Waals surface area contributed by atoms with Crippen LogP contribution in [-0.4, -0.2) is 34.1 Å². The molecular weight excluding hydrogens is 270 g/mol. The van der Waals surface area contributed by atoms with Crippen molar-refractivity contribution in [2.24, 2.45) is 0 Å². The number of fused-ring (bicyclic) bond motifs is 1. The van der Waals surface area contributed by atoms with Crippen LogP contribution >= 0.6 is 11.6 Å². The number of hydrogen-bond acceptors (Lipinski definition) is 2. The van der Waals surface area contributed by atoms with Crippen molar-refractivity contribution in [1.82, 2.24) is 14.5 Å². The van der Waals surface area contributed by atoms with Crippen molar-refractivity contribution in [1.29, 1.82) is 0 Å². The molecule has 1 atom stereocenters. The molecule has 0 radical (unpaired) electrons. The summed E-state index contributed by atoms with van der Waals surface area (Å²) in [5.41, 5.74) is 3.54. The molecule has 1 aliphatic heterocycles. The Morgan fingerprint density at radius 2 is 2.05 bits per heavy atom. The fourth-order valence-corrected chi connectivity index (χ4v) is 3.45. The van der Waals surface area contributed by atoms with E-state index in [1.165, 1.54) is 37.0 Å². The van der Waals surface area contributed by atoms with Gasteiger partial charge in [-0.15, -0.1) is 11.6 Å². The van der Waals surface area contributed by atoms with Crippen molar-refractivity contribution in [2.45, 2.75) is 38.6 Å². The summed E-state index contributed by atoms with van der Waals surface area (Å²) < 4.78 is 2.33. The lowest BCUT2D eigenvalue weighted by Gasteiger charge is -2.23. The maximum absolute atomic E-state index is 6.11. The zero-order chi connectivity index (χ0) is 14.1. The van der Waals surface area contributed by atoms with Gasteiger partial charge in [-0.05, 0) is 57.5 Å². The van der Waals surface area contributed by atoms with Crippen molar-refractivity contribution in [3.63, 3.8) is 0 Å². The van der Waals surface area contributed by atoms with E-state index in [-0.39, 0.29) is 0 Å². The van der Waals surface area contributed by atoms with Gasteiger partial charge in [0.25, 0.3) is 0 Å². The van der Waals surface area contributed by atoms with Crippen LogP contribution in [0.5, 0.6) is 0 Å². The van der Waals surface area contributed by atoms with Gasteiger partial charge in [-0.1, -0.05) is 6.07 Å². The monoisotopic (exact) mass is 291 g/mol. The van der Waals surface area contributed by atoms with Crippen molar-refractivity contribution in [3.05, 3.63) is 29.6 Å². The molecule has 1 aliphatic rings. The maximum Gasteiger partial charge on any atom is 0.125 e. The third kappa shape index (κ3) is 2.57. The van der Waals surface area contributed by atoms with Crippen LogP contribution in [0.15, 0.2) is 18.2 Å². The number of likely N-dealkylation sites (tertiary alicyclic amines) is 1. The number of halogens is 1. The normalized spacial score (nSPS) is 17.9. The molecule has 3 nitrogen and oxygen atoms in total. The molecule has 1 fully saturated rings. The van der Waals surface area contributed by atoms with Gasteiger partial charge in [0, 0.05) is 12.6 Å². The third-order valence-electron chi connectivity index (χ3n) is 4.20. The summed E-state index contributed by atoms with van der Waals surface area (Å²) in [7, 11) is 0. The lowest BCUT2D eigenvalue weighted by atomic mass is 10.2. The largest absolute Gasteiger partial charge is 0.323 e. The lowest BCUT2D eigenvalue weighted by molar-refractivity contribution is 0.288. The number of rotatable bonds is 4. The quantitative estimate of drug-likeness (QED) is 0.800. The predicted octanol–water partition coefficient (Wildman–Crippen LogP) is 3.74. The van der Waals surface area contributed by atoms with Crippen LogP contribution in [-0.2, 0) is 5.88 Å². The Morgan fingerprint density at radius 1 is 1.30 bits per heavy atom. The van der Waals surface area contributed by atoms with Gasteiger partial charge in [-0.2, -0.15) is 0 Å². The molecule has 0 amide bonds. The molecule has 3 rings (SSSR count). The Morgan fingerprint density at radius 3 is 2.75 bits per heavy atom. The van der Waals surface area contributed by atoms with Crippen molar-refractivity contribution >= 4 is 22.6 Å². The van der Waals surface area contributed by atoms with Crippen LogP contribution in [0.2, 0.25) is 0 Å². The SMILES string of the molecule is Cc1ccc2nc(CCl)n(C(C)CN3CCCC3)c2c1. The standard InChI is InChI=1S/C16H22ClN3/c1-12-5-6-14-15(9-12)20(16(10-17)18-14)13(2)11-19-7-3-4-8-19/h5-6,9,13H,3-4,7-8,10-11H2,1-2H3. The topological polar surface area (TPSA) is 21.1 Å². The summed E-state index contributed by atoms with van der Waals surface area (Å²) >= 11 is 6.11. The van der Waals surface area contributed by atoms with E-state index in [1.807, 2.05) is 0 Å². The zero-order valence-corrected chi connectivity index (χ0v) is 13.0. The minimum absolute atomic E-state index is 0.411. The highest BCUT2D eigenvalue weighted by Gasteiger charge is 2.19. The molecule has 2 aromatic rings. The van der Waals surface area contributed by atoms with Gasteiger partial charge in [0.1, 0.15) is 5.82 Å². The molecule has 0 aliphatic carbocycles. The number of aryl methyl sites for hydroxylation is 1. The van der Waals surface area contributed by atoms with Gasteiger partial charge < -0.3 is 9.47 Å². The summed E-state index contributed by atoms with van der Waals surface area (Å²) in [6, 6.07) is 6.84. The molecule has 1 unspecified atom stereocenters. The molecule has 4 heteroatoms. The first-order chi connectivity index (χ1) is 9.69. The van der Waals surface area contributed by atoms with Gasteiger partial charge >= 0.3 is 0 Å². The molecule has 108 valence electrons. The highest BCUT2D eigenvalue weighted by atomic mass is 35.5. The molecule has 1 aromatic heterocycles. The Kier molecular flexibility index (Phi) is 3.99. The molecule has 0 saturated carbocycles. The second-order valence-electron chi connectivity index (χ2n) is 5.88. The van der Waals surface area contributed by atoms with E-state index in [1.54, 1.807) is 0 Å². The summed E-state index contributed by atoms with van der Waals surface area (Å²) in [5.74, 6) is 1.46. The first kappa shape index (κ1) is 13.9. The molecule has 1 aromatic carbocycles. The average molecular weight is 292 g/mol. The molecule has 0 N–H and O–H groups in total. The number of imidazole rings is 1. The number of nitrogens with zero attached hydrogens (tertiary/aromatic N) is 3.